The summed E-state index contributed by atoms with van der Waals surface area (Å²) < 4.78 is 23.4. The molecular weight excluding hydrogens is 338 g/mol. The molecule has 1 aliphatic rings. The fourth-order valence-corrected chi connectivity index (χ4v) is 3.54. The van der Waals surface area contributed by atoms with Gasteiger partial charge in [-0.25, -0.2) is 0 Å². The summed E-state index contributed by atoms with van der Waals surface area (Å²) in [5, 5.41) is 0. The molecule has 1 aromatic heterocycles. The average molecular weight is 363 g/mol. The number of aryl methyl sites for hydroxylation is 2. The predicted octanol–water partition coefficient (Wildman–Crippen LogP) is 3.98. The first-order valence-corrected chi connectivity index (χ1v) is 10.2. The van der Waals surface area contributed by atoms with Crippen LogP contribution in [0.2, 0.25) is 0 Å². The summed E-state index contributed by atoms with van der Waals surface area (Å²) in [7, 11) is 0.892. The molecule has 0 amide bonds. The minimum Gasteiger partial charge on any atom is -0.493 e. The van der Waals surface area contributed by atoms with Gasteiger partial charge in [0.15, 0.2) is 0 Å². The van der Waals surface area contributed by atoms with Crippen molar-refractivity contribution in [3.8, 4) is 16.9 Å². The van der Waals surface area contributed by atoms with Crippen molar-refractivity contribution in [3.05, 3.63) is 46.4 Å². The largest absolute Gasteiger partial charge is 0.493 e. The maximum absolute atomic E-state index is 12.0. The molecule has 1 heterocycles. The van der Waals surface area contributed by atoms with E-state index in [1.54, 1.807) is 31.0 Å². The van der Waals surface area contributed by atoms with Gasteiger partial charge in [-0.05, 0) is 55.0 Å². The van der Waals surface area contributed by atoms with Crippen LogP contribution < -0.4 is 10.3 Å². The molecule has 1 fully saturated rings. The van der Waals surface area contributed by atoms with Crippen molar-refractivity contribution in [2.24, 2.45) is 13.0 Å². The Morgan fingerprint density at radius 3 is 2.56 bits per heavy atom. The fraction of sp³-hybridized carbons (Fsp3) is 0.421. The second kappa shape index (κ2) is 6.86. The maximum atomic E-state index is 12.0. The van der Waals surface area contributed by atoms with E-state index in [2.05, 4.69) is 0 Å². The summed E-state index contributed by atoms with van der Waals surface area (Å²) in [6.07, 6.45) is 5.92. The SMILES string of the molecule is COS(C)(O)c1cc(OCC2CC2)cc(-c2cc(C)c(=O)n(C)c2)c1. The van der Waals surface area contributed by atoms with Crippen molar-refractivity contribution in [1.82, 2.24) is 4.57 Å². The monoisotopic (exact) mass is 363 g/mol. The summed E-state index contributed by atoms with van der Waals surface area (Å²) >= 11 is 0. The summed E-state index contributed by atoms with van der Waals surface area (Å²) in [4.78, 5) is 12.7. The molecule has 6 heteroatoms. The van der Waals surface area contributed by atoms with E-state index in [9.17, 15) is 9.35 Å². The van der Waals surface area contributed by atoms with Crippen LogP contribution in [0.25, 0.3) is 11.1 Å². The van der Waals surface area contributed by atoms with E-state index in [0.29, 0.717) is 23.0 Å². The van der Waals surface area contributed by atoms with Gasteiger partial charge in [-0.3, -0.25) is 13.5 Å². The van der Waals surface area contributed by atoms with Gasteiger partial charge in [-0.15, -0.1) is 0 Å². The Morgan fingerprint density at radius 2 is 1.96 bits per heavy atom. The van der Waals surface area contributed by atoms with E-state index < -0.39 is 10.6 Å². The number of aromatic nitrogens is 1. The fourth-order valence-electron chi connectivity index (χ4n) is 2.67. The van der Waals surface area contributed by atoms with Crippen molar-refractivity contribution < 1.29 is 13.5 Å². The highest BCUT2D eigenvalue weighted by atomic mass is 32.3. The second-order valence-electron chi connectivity index (χ2n) is 6.74. The molecule has 1 aliphatic carbocycles. The van der Waals surface area contributed by atoms with Gasteiger partial charge < -0.3 is 9.30 Å². The number of rotatable bonds is 6. The van der Waals surface area contributed by atoms with Gasteiger partial charge in [0.05, 0.1) is 18.6 Å². The zero-order valence-corrected chi connectivity index (χ0v) is 15.9. The van der Waals surface area contributed by atoms with Crippen molar-refractivity contribution in [1.29, 1.82) is 0 Å². The molecule has 1 N–H and O–H groups in total. The minimum absolute atomic E-state index is 0.0142. The van der Waals surface area contributed by atoms with Crippen molar-refractivity contribution in [3.63, 3.8) is 0 Å². The van der Waals surface area contributed by atoms with Crippen molar-refractivity contribution in [2.75, 3.05) is 20.0 Å². The van der Waals surface area contributed by atoms with Crippen LogP contribution in [0.5, 0.6) is 5.75 Å². The first kappa shape index (κ1) is 18.0. The first-order valence-electron chi connectivity index (χ1n) is 8.32. The van der Waals surface area contributed by atoms with Crippen molar-refractivity contribution in [2.45, 2.75) is 24.7 Å². The zero-order chi connectivity index (χ0) is 18.2. The molecular formula is C19H25NO4S. The quantitative estimate of drug-likeness (QED) is 0.843. The van der Waals surface area contributed by atoms with E-state index in [1.807, 2.05) is 24.3 Å². The van der Waals surface area contributed by atoms with Crippen LogP contribution in [-0.2, 0) is 11.2 Å². The Labute approximate surface area is 149 Å². The summed E-state index contributed by atoms with van der Waals surface area (Å²) in [5.41, 5.74) is 2.46. The number of pyridine rings is 1. The van der Waals surface area contributed by atoms with Crippen LogP contribution in [0.4, 0.5) is 0 Å². The van der Waals surface area contributed by atoms with Crippen LogP contribution in [0, 0.1) is 12.8 Å². The Balaban J connectivity index is 2.06. The van der Waals surface area contributed by atoms with E-state index in [4.69, 9.17) is 8.92 Å². The highest BCUT2D eigenvalue weighted by Crippen LogP contribution is 2.51. The van der Waals surface area contributed by atoms with Gasteiger partial charge in [0.2, 0.25) is 0 Å². The number of hydrogen-bond acceptors (Lipinski definition) is 4. The lowest BCUT2D eigenvalue weighted by molar-refractivity contribution is 0.299. The highest BCUT2D eigenvalue weighted by Gasteiger charge is 2.23. The lowest BCUT2D eigenvalue weighted by Gasteiger charge is -2.32. The molecule has 1 atom stereocenters. The third kappa shape index (κ3) is 4.08. The first-order chi connectivity index (χ1) is 11.8. The molecule has 136 valence electrons. The van der Waals surface area contributed by atoms with Gasteiger partial charge >= 0.3 is 0 Å². The van der Waals surface area contributed by atoms with Crippen molar-refractivity contribution >= 4 is 10.6 Å². The molecule has 0 aliphatic heterocycles. The molecule has 1 saturated carbocycles. The molecule has 0 bridgehead atoms. The predicted molar refractivity (Wildman–Crippen MR) is 101 cm³/mol. The Morgan fingerprint density at radius 1 is 1.24 bits per heavy atom. The molecule has 1 unspecified atom stereocenters. The third-order valence-corrected chi connectivity index (χ3v) is 6.28. The summed E-state index contributed by atoms with van der Waals surface area (Å²) in [5.74, 6) is 1.36. The second-order valence-corrected chi connectivity index (χ2v) is 9.15. The molecule has 3 rings (SSSR count). The van der Waals surface area contributed by atoms with E-state index in [-0.39, 0.29) is 5.56 Å². The van der Waals surface area contributed by atoms with Crippen LogP contribution in [0.15, 0.2) is 40.2 Å². The number of nitrogens with zero attached hydrogens (tertiary/aromatic N) is 1. The summed E-state index contributed by atoms with van der Waals surface area (Å²) in [6, 6.07) is 7.57. The number of benzene rings is 1. The smallest absolute Gasteiger partial charge is 0.253 e. The lowest BCUT2D eigenvalue weighted by Crippen LogP contribution is -2.18. The minimum atomic E-state index is -2.35. The number of ether oxygens (including phenoxy) is 1. The van der Waals surface area contributed by atoms with E-state index in [0.717, 1.165) is 16.9 Å². The van der Waals surface area contributed by atoms with Crippen LogP contribution in [-0.4, -0.2) is 29.1 Å². The maximum Gasteiger partial charge on any atom is 0.253 e. The Hall–Kier alpha value is -1.76. The van der Waals surface area contributed by atoms with Crippen LogP contribution in [0.3, 0.4) is 0 Å². The topological polar surface area (TPSA) is 60.7 Å². The average Bonchev–Trinajstić information content (AvgIpc) is 3.41. The van der Waals surface area contributed by atoms with Gasteiger partial charge in [0.1, 0.15) is 5.75 Å². The Kier molecular flexibility index (Phi) is 4.95. The lowest BCUT2D eigenvalue weighted by atomic mass is 10.1. The molecule has 2 aromatic rings. The van der Waals surface area contributed by atoms with Gasteiger partial charge in [0.25, 0.3) is 5.56 Å². The van der Waals surface area contributed by atoms with E-state index >= 15 is 0 Å². The van der Waals surface area contributed by atoms with Gasteiger partial charge in [-0.1, -0.05) is 0 Å². The van der Waals surface area contributed by atoms with E-state index in [1.165, 1.54) is 20.0 Å². The molecule has 0 spiro atoms. The van der Waals surface area contributed by atoms with Crippen LogP contribution >= 0.6 is 10.6 Å². The normalized spacial score (nSPS) is 17.8. The highest BCUT2D eigenvalue weighted by molar-refractivity contribution is 8.24. The standard InChI is InChI=1S/C19H25NO4S/c1-13-7-16(11-20(2)19(13)21)15-8-17(24-12-14-5-6-14)10-18(9-15)25(4,22)23-3/h7-11,14,22H,5-6,12H2,1-4H3. The molecule has 0 radical (unpaired) electrons. The van der Waals surface area contributed by atoms with Gasteiger partial charge in [-0.2, -0.15) is 10.6 Å². The van der Waals surface area contributed by atoms with Gasteiger partial charge in [0, 0.05) is 31.1 Å². The van der Waals surface area contributed by atoms with Crippen LogP contribution in [0.1, 0.15) is 18.4 Å². The molecule has 25 heavy (non-hydrogen) atoms. The summed E-state index contributed by atoms with van der Waals surface area (Å²) in [6.45, 7) is 2.50. The molecule has 5 nitrogen and oxygen atoms in total. The molecule has 0 saturated heterocycles. The molecule has 1 aromatic carbocycles. The third-order valence-electron chi connectivity index (χ3n) is 4.52. The number of hydrogen-bond donors (Lipinski definition) is 1. The Bertz CT molecular complexity index is 814. The zero-order valence-electron chi connectivity index (χ0n) is 15.1.